The van der Waals surface area contributed by atoms with Crippen LogP contribution < -0.4 is 9.47 Å². The van der Waals surface area contributed by atoms with E-state index in [1.54, 1.807) is 24.3 Å². The van der Waals surface area contributed by atoms with Gasteiger partial charge in [0.2, 0.25) is 12.1 Å². The molecule has 12 heteroatoms. The van der Waals surface area contributed by atoms with E-state index >= 15 is 0 Å². The number of halogens is 2. The topological polar surface area (TPSA) is 102 Å². The number of carbonyl (C=O) groups is 1. The Kier molecular flexibility index (Phi) is 6.46. The molecule has 0 radical (unpaired) electrons. The number of benzene rings is 2. The molecule has 1 aliphatic rings. The lowest BCUT2D eigenvalue weighted by Crippen LogP contribution is -2.39. The van der Waals surface area contributed by atoms with E-state index in [1.807, 2.05) is 11.0 Å². The minimum atomic E-state index is -4.35. The standard InChI is InChI=1S/C20H16ClFN2O5S3/c21-12-2-4-16-14(8-12)23(6-1-7-32(27,28)29)18(30-16)10-19-24(11-20(25)26)15-9-13(22)3-5-17(15)31-19/h2-5,8-10H,1,6-7,11H2,(H-,25,26,27,28,29). The highest BCUT2D eigenvalue weighted by atomic mass is 35.5. The molecule has 168 valence electrons. The smallest absolute Gasteiger partial charge is 0.370 e. The van der Waals surface area contributed by atoms with Gasteiger partial charge in [-0.2, -0.15) is 4.57 Å². The number of thiazole rings is 1. The maximum absolute atomic E-state index is 13.8. The van der Waals surface area contributed by atoms with Crippen LogP contribution >= 0.6 is 34.7 Å². The molecule has 0 atom stereocenters. The van der Waals surface area contributed by atoms with Crippen molar-refractivity contribution < 1.29 is 31.8 Å². The molecule has 1 aliphatic heterocycles. The average Bonchev–Trinajstić information content (AvgIpc) is 3.19. The lowest BCUT2D eigenvalue weighted by molar-refractivity contribution is -0.657. The lowest BCUT2D eigenvalue weighted by atomic mass is 10.2. The first-order chi connectivity index (χ1) is 15.1. The normalized spacial score (nSPS) is 15.0. The fourth-order valence-electron chi connectivity index (χ4n) is 3.40. The van der Waals surface area contributed by atoms with Crippen molar-refractivity contribution in [1.82, 2.24) is 0 Å². The largest absolute Gasteiger partial charge is 0.748 e. The SMILES string of the molecule is O=C(O)C[n+]1c(C=C2Sc3ccc(Cl)cc3N2CCCS(=O)(=O)[O-])sc2ccc(F)cc21. The second kappa shape index (κ2) is 8.99. The molecule has 1 N–H and O–H groups in total. The summed E-state index contributed by atoms with van der Waals surface area (Å²) in [6.07, 6.45) is 1.90. The molecule has 0 bridgehead atoms. The molecule has 0 saturated heterocycles. The van der Waals surface area contributed by atoms with Crippen molar-refractivity contribution in [3.8, 4) is 0 Å². The van der Waals surface area contributed by atoms with Gasteiger partial charge in [-0.15, -0.1) is 0 Å². The Morgan fingerprint density at radius 2 is 2.06 bits per heavy atom. The molecule has 7 nitrogen and oxygen atoms in total. The van der Waals surface area contributed by atoms with Crippen molar-refractivity contribution in [3.05, 3.63) is 57.3 Å². The summed E-state index contributed by atoms with van der Waals surface area (Å²) in [5, 5.41) is 11.2. The third-order valence-electron chi connectivity index (χ3n) is 4.70. The fourth-order valence-corrected chi connectivity index (χ4v) is 6.31. The molecular formula is C20H16ClFN2O5S3. The van der Waals surface area contributed by atoms with Crippen LogP contribution in [0.2, 0.25) is 5.02 Å². The van der Waals surface area contributed by atoms with Gasteiger partial charge in [-0.1, -0.05) is 34.7 Å². The van der Waals surface area contributed by atoms with E-state index in [0.717, 1.165) is 20.3 Å². The minimum Gasteiger partial charge on any atom is -0.748 e. The molecule has 0 saturated carbocycles. The monoisotopic (exact) mass is 514 g/mol. The zero-order chi connectivity index (χ0) is 23.0. The molecular weight excluding hydrogens is 499 g/mol. The Hall–Kier alpha value is -2.18. The summed E-state index contributed by atoms with van der Waals surface area (Å²) in [5.41, 5.74) is 1.24. The minimum absolute atomic E-state index is 0.114. The van der Waals surface area contributed by atoms with Gasteiger partial charge >= 0.3 is 5.97 Å². The van der Waals surface area contributed by atoms with Crippen LogP contribution in [0, 0.1) is 5.82 Å². The van der Waals surface area contributed by atoms with Crippen molar-refractivity contribution in [2.24, 2.45) is 0 Å². The predicted molar refractivity (Wildman–Crippen MR) is 121 cm³/mol. The Morgan fingerprint density at radius 1 is 1.28 bits per heavy atom. The number of carboxylic acid groups (broad SMARTS) is 1. The third-order valence-corrected chi connectivity index (χ3v) is 7.95. The van der Waals surface area contributed by atoms with Gasteiger partial charge in [0.25, 0.3) is 5.01 Å². The van der Waals surface area contributed by atoms with Crippen LogP contribution in [-0.4, -0.2) is 36.3 Å². The number of fused-ring (bicyclic) bond motifs is 2. The number of hydrogen-bond donors (Lipinski definition) is 1. The number of rotatable bonds is 7. The van der Waals surface area contributed by atoms with Gasteiger partial charge < -0.3 is 14.6 Å². The zero-order valence-corrected chi connectivity index (χ0v) is 19.5. The van der Waals surface area contributed by atoms with Gasteiger partial charge in [-0.05, 0) is 36.8 Å². The maximum atomic E-state index is 13.8. The van der Waals surface area contributed by atoms with Crippen LogP contribution in [0.25, 0.3) is 16.3 Å². The molecule has 1 aromatic heterocycles. The predicted octanol–water partition coefficient (Wildman–Crippen LogP) is 3.91. The Balaban J connectivity index is 1.77. The molecule has 0 unspecified atom stereocenters. The van der Waals surface area contributed by atoms with E-state index in [2.05, 4.69) is 0 Å². The van der Waals surface area contributed by atoms with E-state index in [4.69, 9.17) is 11.6 Å². The Morgan fingerprint density at radius 3 is 2.78 bits per heavy atom. The quantitative estimate of drug-likeness (QED) is 0.376. The molecule has 2 aromatic carbocycles. The summed E-state index contributed by atoms with van der Waals surface area (Å²) in [6.45, 7) is -0.0907. The Labute approximate surface area is 196 Å². The van der Waals surface area contributed by atoms with Gasteiger partial charge in [-0.25, -0.2) is 17.6 Å². The number of anilines is 1. The van der Waals surface area contributed by atoms with Gasteiger partial charge in [0.15, 0.2) is 0 Å². The highest BCUT2D eigenvalue weighted by molar-refractivity contribution is 8.03. The fraction of sp³-hybridized carbons (Fsp3) is 0.200. The van der Waals surface area contributed by atoms with Crippen LogP contribution in [0.15, 0.2) is 46.3 Å². The second-order valence-electron chi connectivity index (χ2n) is 7.00. The van der Waals surface area contributed by atoms with Crippen molar-refractivity contribution in [1.29, 1.82) is 0 Å². The number of hydrogen-bond acceptors (Lipinski definition) is 7. The summed E-state index contributed by atoms with van der Waals surface area (Å²) in [6, 6.07) is 9.54. The molecule has 0 aliphatic carbocycles. The summed E-state index contributed by atoms with van der Waals surface area (Å²) >= 11 is 8.89. The molecule has 0 amide bonds. The molecule has 0 fully saturated rings. The van der Waals surface area contributed by atoms with Gasteiger partial charge in [0, 0.05) is 28.3 Å². The van der Waals surface area contributed by atoms with Crippen LogP contribution in [0.4, 0.5) is 10.1 Å². The van der Waals surface area contributed by atoms with E-state index in [0.29, 0.717) is 15.5 Å². The molecule has 4 rings (SSSR count). The zero-order valence-electron chi connectivity index (χ0n) is 16.3. The first-order valence-electron chi connectivity index (χ1n) is 9.34. The lowest BCUT2D eigenvalue weighted by Gasteiger charge is -2.20. The van der Waals surface area contributed by atoms with Gasteiger partial charge in [0.1, 0.15) is 10.5 Å². The van der Waals surface area contributed by atoms with Crippen LogP contribution in [0.5, 0.6) is 0 Å². The number of nitrogens with zero attached hydrogens (tertiary/aromatic N) is 2. The summed E-state index contributed by atoms with van der Waals surface area (Å²) in [5.74, 6) is -2.03. The summed E-state index contributed by atoms with van der Waals surface area (Å²) in [4.78, 5) is 14.2. The summed E-state index contributed by atoms with van der Waals surface area (Å²) in [7, 11) is -4.35. The van der Waals surface area contributed by atoms with Crippen LogP contribution in [0.1, 0.15) is 11.4 Å². The van der Waals surface area contributed by atoms with Crippen molar-refractivity contribution in [2.75, 3.05) is 17.2 Å². The first kappa shape index (κ1) is 23.0. The van der Waals surface area contributed by atoms with Crippen LogP contribution in [0.3, 0.4) is 0 Å². The van der Waals surface area contributed by atoms with E-state index in [-0.39, 0.29) is 19.5 Å². The molecule has 0 spiro atoms. The maximum Gasteiger partial charge on any atom is 0.370 e. The van der Waals surface area contributed by atoms with E-state index in [9.17, 15) is 27.3 Å². The molecule has 2 heterocycles. The van der Waals surface area contributed by atoms with Crippen molar-refractivity contribution in [2.45, 2.75) is 17.9 Å². The highest BCUT2D eigenvalue weighted by Crippen LogP contribution is 2.47. The number of carboxylic acids is 1. The average molecular weight is 515 g/mol. The number of thioether (sulfide) groups is 1. The van der Waals surface area contributed by atoms with Crippen LogP contribution in [-0.2, 0) is 21.5 Å². The van der Waals surface area contributed by atoms with E-state index < -0.39 is 27.7 Å². The highest BCUT2D eigenvalue weighted by Gasteiger charge is 2.29. The second-order valence-corrected chi connectivity index (χ2v) is 11.1. The van der Waals surface area contributed by atoms with Crippen molar-refractivity contribution in [3.63, 3.8) is 0 Å². The number of aromatic nitrogens is 1. The molecule has 3 aromatic rings. The first-order valence-corrected chi connectivity index (χ1v) is 12.9. The number of aliphatic carboxylic acids is 1. The van der Waals surface area contributed by atoms with Gasteiger partial charge in [-0.3, -0.25) is 0 Å². The molecule has 32 heavy (non-hydrogen) atoms. The van der Waals surface area contributed by atoms with Gasteiger partial charge in [0.05, 0.1) is 26.9 Å². The Bertz CT molecular complexity index is 1360. The third kappa shape index (κ3) is 5.07. The van der Waals surface area contributed by atoms with E-state index in [1.165, 1.54) is 39.8 Å². The summed E-state index contributed by atoms with van der Waals surface area (Å²) < 4.78 is 49.2. The van der Waals surface area contributed by atoms with Crippen molar-refractivity contribution >= 4 is 72.8 Å².